The van der Waals surface area contributed by atoms with Gasteiger partial charge in [-0.05, 0) is 30.7 Å². The highest BCUT2D eigenvalue weighted by molar-refractivity contribution is 5.66. The highest BCUT2D eigenvalue weighted by atomic mass is 19.1. The van der Waals surface area contributed by atoms with Crippen LogP contribution < -0.4 is 0 Å². The topological polar surface area (TPSA) is 76.2 Å². The van der Waals surface area contributed by atoms with Gasteiger partial charge in [0.1, 0.15) is 5.82 Å². The second kappa shape index (κ2) is 4.95. The van der Waals surface area contributed by atoms with Crippen LogP contribution in [0, 0.1) is 12.7 Å². The van der Waals surface area contributed by atoms with Crippen LogP contribution in [0.4, 0.5) is 4.39 Å². The van der Waals surface area contributed by atoms with Crippen LogP contribution in [-0.4, -0.2) is 21.3 Å². The minimum Gasteiger partial charge on any atom is -0.481 e. The molecule has 18 heavy (non-hydrogen) atoms. The summed E-state index contributed by atoms with van der Waals surface area (Å²) < 4.78 is 18.3. The minimum absolute atomic E-state index is 0.0654. The summed E-state index contributed by atoms with van der Waals surface area (Å²) in [7, 11) is 0. The number of rotatable bonds is 4. The van der Waals surface area contributed by atoms with E-state index in [9.17, 15) is 9.18 Å². The van der Waals surface area contributed by atoms with Gasteiger partial charge in [-0.25, -0.2) is 4.39 Å². The molecule has 0 aliphatic carbocycles. The molecule has 2 rings (SSSR count). The van der Waals surface area contributed by atoms with Crippen LogP contribution in [0.2, 0.25) is 0 Å². The third-order valence-corrected chi connectivity index (χ3v) is 2.44. The first-order valence-electron chi connectivity index (χ1n) is 5.37. The zero-order valence-corrected chi connectivity index (χ0v) is 9.68. The lowest BCUT2D eigenvalue weighted by Gasteiger charge is -1.99. The van der Waals surface area contributed by atoms with Gasteiger partial charge >= 0.3 is 5.97 Å². The Bertz CT molecular complexity index is 580. The summed E-state index contributed by atoms with van der Waals surface area (Å²) in [5.41, 5.74) is 1.33. The molecule has 5 nitrogen and oxygen atoms in total. The molecule has 1 aromatic heterocycles. The van der Waals surface area contributed by atoms with Crippen molar-refractivity contribution in [1.29, 1.82) is 0 Å². The van der Waals surface area contributed by atoms with E-state index in [-0.39, 0.29) is 30.4 Å². The number of halogens is 1. The Hall–Kier alpha value is -2.24. The van der Waals surface area contributed by atoms with Crippen molar-refractivity contribution in [2.24, 2.45) is 0 Å². The number of aromatic nitrogens is 2. The van der Waals surface area contributed by atoms with Crippen molar-refractivity contribution < 1.29 is 18.7 Å². The molecule has 0 atom stereocenters. The summed E-state index contributed by atoms with van der Waals surface area (Å²) in [5, 5.41) is 16.1. The summed E-state index contributed by atoms with van der Waals surface area (Å²) in [4.78, 5) is 10.4. The lowest BCUT2D eigenvalue weighted by Crippen LogP contribution is -1.97. The van der Waals surface area contributed by atoms with Crippen molar-refractivity contribution in [3.63, 3.8) is 0 Å². The van der Waals surface area contributed by atoms with Crippen LogP contribution >= 0.6 is 0 Å². The van der Waals surface area contributed by atoms with Crippen molar-refractivity contribution in [2.45, 2.75) is 19.8 Å². The molecule has 0 saturated heterocycles. The highest BCUT2D eigenvalue weighted by Gasteiger charge is 2.12. The lowest BCUT2D eigenvalue weighted by atomic mass is 10.1. The van der Waals surface area contributed by atoms with E-state index in [0.29, 0.717) is 11.1 Å². The SMILES string of the molecule is Cc1cc(F)ccc1-c1nnc(CCC(=O)O)o1. The minimum atomic E-state index is -0.923. The molecule has 0 radical (unpaired) electrons. The highest BCUT2D eigenvalue weighted by Crippen LogP contribution is 2.22. The van der Waals surface area contributed by atoms with E-state index in [1.807, 2.05) is 0 Å². The molecule has 0 fully saturated rings. The fourth-order valence-corrected chi connectivity index (χ4v) is 1.54. The van der Waals surface area contributed by atoms with Crippen LogP contribution in [0.1, 0.15) is 17.9 Å². The predicted octanol–water partition coefficient (Wildman–Crippen LogP) is 2.20. The standard InChI is InChI=1S/C12H11FN2O3/c1-7-6-8(13)2-3-9(7)12-15-14-10(18-12)4-5-11(16)17/h2-3,6H,4-5H2,1H3,(H,16,17). The second-order valence-electron chi connectivity index (χ2n) is 3.85. The average Bonchev–Trinajstić information content (AvgIpc) is 2.75. The number of benzene rings is 1. The number of carboxylic acid groups (broad SMARTS) is 1. The molecular weight excluding hydrogens is 239 g/mol. The van der Waals surface area contributed by atoms with Gasteiger partial charge < -0.3 is 9.52 Å². The Morgan fingerprint density at radius 1 is 1.44 bits per heavy atom. The third-order valence-electron chi connectivity index (χ3n) is 2.44. The normalized spacial score (nSPS) is 10.6. The molecule has 1 heterocycles. The number of carboxylic acids is 1. The average molecular weight is 250 g/mol. The Balaban J connectivity index is 2.21. The molecule has 0 bridgehead atoms. The van der Waals surface area contributed by atoms with Crippen molar-refractivity contribution in [1.82, 2.24) is 10.2 Å². The summed E-state index contributed by atoms with van der Waals surface area (Å²) >= 11 is 0. The summed E-state index contributed by atoms with van der Waals surface area (Å²) in [6, 6.07) is 4.24. The van der Waals surface area contributed by atoms with Gasteiger partial charge in [0.25, 0.3) is 0 Å². The molecule has 0 spiro atoms. The van der Waals surface area contributed by atoms with Gasteiger partial charge in [-0.3, -0.25) is 4.79 Å². The molecule has 1 N–H and O–H groups in total. The lowest BCUT2D eigenvalue weighted by molar-refractivity contribution is -0.137. The maximum absolute atomic E-state index is 12.9. The first-order valence-corrected chi connectivity index (χ1v) is 5.37. The van der Waals surface area contributed by atoms with E-state index in [1.165, 1.54) is 12.1 Å². The maximum Gasteiger partial charge on any atom is 0.303 e. The number of hydrogen-bond donors (Lipinski definition) is 1. The summed E-state index contributed by atoms with van der Waals surface area (Å²) in [5.74, 6) is -0.724. The first-order chi connectivity index (χ1) is 8.56. The van der Waals surface area contributed by atoms with E-state index < -0.39 is 5.97 Å². The van der Waals surface area contributed by atoms with Gasteiger partial charge in [0, 0.05) is 12.0 Å². The van der Waals surface area contributed by atoms with Crippen molar-refractivity contribution in [2.75, 3.05) is 0 Å². The molecule has 0 aliphatic heterocycles. The largest absolute Gasteiger partial charge is 0.481 e. The van der Waals surface area contributed by atoms with E-state index in [4.69, 9.17) is 9.52 Å². The number of nitrogens with zero attached hydrogens (tertiary/aromatic N) is 2. The predicted molar refractivity (Wildman–Crippen MR) is 60.4 cm³/mol. The Morgan fingerprint density at radius 3 is 2.89 bits per heavy atom. The van der Waals surface area contributed by atoms with Gasteiger partial charge in [0.05, 0.1) is 6.42 Å². The third kappa shape index (κ3) is 2.71. The maximum atomic E-state index is 12.9. The molecular formula is C12H11FN2O3. The van der Waals surface area contributed by atoms with E-state index in [1.54, 1.807) is 13.0 Å². The monoisotopic (exact) mass is 250 g/mol. The van der Waals surface area contributed by atoms with Gasteiger partial charge in [0.15, 0.2) is 0 Å². The molecule has 1 aromatic carbocycles. The van der Waals surface area contributed by atoms with Crippen molar-refractivity contribution in [3.05, 3.63) is 35.5 Å². The van der Waals surface area contributed by atoms with Gasteiger partial charge in [-0.1, -0.05) is 0 Å². The van der Waals surface area contributed by atoms with Crippen LogP contribution in [0.3, 0.4) is 0 Å². The zero-order chi connectivity index (χ0) is 13.1. The number of aryl methyl sites for hydroxylation is 2. The molecule has 0 amide bonds. The number of hydrogen-bond acceptors (Lipinski definition) is 4. The molecule has 0 aliphatic rings. The Labute approximate surface area is 102 Å². The van der Waals surface area contributed by atoms with Gasteiger partial charge in [-0.15, -0.1) is 10.2 Å². The van der Waals surface area contributed by atoms with E-state index in [2.05, 4.69) is 10.2 Å². The van der Waals surface area contributed by atoms with Gasteiger partial charge in [0.2, 0.25) is 11.8 Å². The Kier molecular flexibility index (Phi) is 3.36. The molecule has 0 unspecified atom stereocenters. The van der Waals surface area contributed by atoms with Crippen LogP contribution in [0.25, 0.3) is 11.5 Å². The fraction of sp³-hybridized carbons (Fsp3) is 0.250. The number of carbonyl (C=O) groups is 1. The smallest absolute Gasteiger partial charge is 0.303 e. The van der Waals surface area contributed by atoms with Crippen LogP contribution in [-0.2, 0) is 11.2 Å². The van der Waals surface area contributed by atoms with E-state index in [0.717, 1.165) is 0 Å². The first kappa shape index (κ1) is 12.2. The Morgan fingerprint density at radius 2 is 2.22 bits per heavy atom. The molecule has 94 valence electrons. The number of aliphatic carboxylic acids is 1. The molecule has 0 saturated carbocycles. The zero-order valence-electron chi connectivity index (χ0n) is 9.68. The van der Waals surface area contributed by atoms with Crippen LogP contribution in [0.5, 0.6) is 0 Å². The fourth-order valence-electron chi connectivity index (χ4n) is 1.54. The van der Waals surface area contributed by atoms with E-state index >= 15 is 0 Å². The van der Waals surface area contributed by atoms with Crippen molar-refractivity contribution >= 4 is 5.97 Å². The molecule has 6 heteroatoms. The quantitative estimate of drug-likeness (QED) is 0.900. The van der Waals surface area contributed by atoms with Gasteiger partial charge in [-0.2, -0.15) is 0 Å². The van der Waals surface area contributed by atoms with Crippen molar-refractivity contribution in [3.8, 4) is 11.5 Å². The molecule has 2 aromatic rings. The summed E-state index contributed by atoms with van der Waals surface area (Å²) in [6.45, 7) is 1.74. The second-order valence-corrected chi connectivity index (χ2v) is 3.85. The summed E-state index contributed by atoms with van der Waals surface area (Å²) in [6.07, 6.45) is 0.118. The van der Waals surface area contributed by atoms with Crippen LogP contribution in [0.15, 0.2) is 22.6 Å².